The molecular formula is C13H14N2O2S. The summed E-state index contributed by atoms with van der Waals surface area (Å²) in [4.78, 5) is 11.7. The largest absolute Gasteiger partial charge is 0.466 e. The number of carbonyl (C=O) groups is 1. The number of aryl methyl sites for hydroxylation is 1. The standard InChI is InChI=1S/C13H14N2O2S/c1-3-18-13-10(7-14)9(6-12(16)15-13)11-5-4-8(2)17-11/h4-5,9H,3,6H2,1-2H3,(H,15,16)/t9-/m1/s1. The predicted octanol–water partition coefficient (Wildman–Crippen LogP) is 2.68. The van der Waals surface area contributed by atoms with Crippen LogP contribution in [0.3, 0.4) is 0 Å². The third-order valence-corrected chi connectivity index (χ3v) is 3.65. The van der Waals surface area contributed by atoms with Crippen LogP contribution in [0.4, 0.5) is 0 Å². The minimum absolute atomic E-state index is 0.0657. The van der Waals surface area contributed by atoms with E-state index in [0.717, 1.165) is 11.5 Å². The zero-order chi connectivity index (χ0) is 13.1. The second kappa shape index (κ2) is 5.32. The summed E-state index contributed by atoms with van der Waals surface area (Å²) in [6.07, 6.45) is 0.267. The van der Waals surface area contributed by atoms with Crippen LogP contribution in [0.1, 0.15) is 30.8 Å². The van der Waals surface area contributed by atoms with Crippen LogP contribution in [0, 0.1) is 18.3 Å². The molecule has 0 unspecified atom stereocenters. The molecule has 1 aliphatic rings. The number of nitrogens with one attached hydrogen (secondary N) is 1. The molecule has 4 nitrogen and oxygen atoms in total. The zero-order valence-corrected chi connectivity index (χ0v) is 11.1. The molecule has 1 aliphatic heterocycles. The first-order chi connectivity index (χ1) is 8.65. The Morgan fingerprint density at radius 2 is 2.39 bits per heavy atom. The number of rotatable bonds is 3. The van der Waals surface area contributed by atoms with E-state index in [-0.39, 0.29) is 18.2 Å². The van der Waals surface area contributed by atoms with Crippen molar-refractivity contribution in [3.05, 3.63) is 34.3 Å². The van der Waals surface area contributed by atoms with Crippen molar-refractivity contribution in [2.45, 2.75) is 26.2 Å². The zero-order valence-electron chi connectivity index (χ0n) is 10.3. The summed E-state index contributed by atoms with van der Waals surface area (Å²) in [5.74, 6) is 1.96. The lowest BCUT2D eigenvalue weighted by Crippen LogP contribution is -2.30. The molecular weight excluding hydrogens is 248 g/mol. The molecule has 0 aliphatic carbocycles. The van der Waals surface area contributed by atoms with E-state index in [2.05, 4.69) is 11.4 Å². The summed E-state index contributed by atoms with van der Waals surface area (Å²) in [6, 6.07) is 5.89. The molecule has 0 saturated heterocycles. The Kier molecular flexibility index (Phi) is 3.78. The normalized spacial score (nSPS) is 19.6. The highest BCUT2D eigenvalue weighted by Crippen LogP contribution is 2.36. The van der Waals surface area contributed by atoms with Crippen molar-refractivity contribution in [2.24, 2.45) is 0 Å². The number of amides is 1. The van der Waals surface area contributed by atoms with Gasteiger partial charge in [0, 0.05) is 6.42 Å². The molecule has 1 amide bonds. The van der Waals surface area contributed by atoms with Gasteiger partial charge >= 0.3 is 0 Å². The Balaban J connectivity index is 2.42. The molecule has 2 rings (SSSR count). The first-order valence-electron chi connectivity index (χ1n) is 5.79. The van der Waals surface area contributed by atoms with Gasteiger partial charge in [0.1, 0.15) is 11.5 Å². The van der Waals surface area contributed by atoms with E-state index in [1.54, 1.807) is 0 Å². The molecule has 5 heteroatoms. The molecule has 2 heterocycles. The topological polar surface area (TPSA) is 66.0 Å². The molecule has 1 atom stereocenters. The Morgan fingerprint density at radius 3 is 2.94 bits per heavy atom. The summed E-state index contributed by atoms with van der Waals surface area (Å²) in [6.45, 7) is 3.84. The second-order valence-corrected chi connectivity index (χ2v) is 5.32. The van der Waals surface area contributed by atoms with Gasteiger partial charge in [-0.05, 0) is 24.8 Å². The summed E-state index contributed by atoms with van der Waals surface area (Å²) in [5.41, 5.74) is 0.593. The van der Waals surface area contributed by atoms with Crippen LogP contribution in [0.5, 0.6) is 0 Å². The van der Waals surface area contributed by atoms with E-state index in [1.807, 2.05) is 26.0 Å². The van der Waals surface area contributed by atoms with Crippen LogP contribution in [0.15, 0.2) is 27.2 Å². The quantitative estimate of drug-likeness (QED) is 0.909. The van der Waals surface area contributed by atoms with Gasteiger partial charge in [-0.25, -0.2) is 0 Å². The van der Waals surface area contributed by atoms with Crippen LogP contribution in [0.2, 0.25) is 0 Å². The molecule has 0 radical (unpaired) electrons. The van der Waals surface area contributed by atoms with Crippen molar-refractivity contribution < 1.29 is 9.21 Å². The highest BCUT2D eigenvalue weighted by Gasteiger charge is 2.31. The smallest absolute Gasteiger partial charge is 0.225 e. The number of carbonyl (C=O) groups excluding carboxylic acids is 1. The van der Waals surface area contributed by atoms with Gasteiger partial charge in [0.15, 0.2) is 0 Å². The molecule has 0 spiro atoms. The molecule has 0 bridgehead atoms. The Hall–Kier alpha value is -1.67. The maximum absolute atomic E-state index is 11.7. The van der Waals surface area contributed by atoms with Crippen LogP contribution >= 0.6 is 11.8 Å². The number of nitrogens with zero attached hydrogens (tertiary/aromatic N) is 1. The maximum atomic E-state index is 11.7. The van der Waals surface area contributed by atoms with E-state index in [1.165, 1.54) is 11.8 Å². The number of thioether (sulfide) groups is 1. The van der Waals surface area contributed by atoms with Gasteiger partial charge in [0.25, 0.3) is 0 Å². The molecule has 1 aromatic rings. The van der Waals surface area contributed by atoms with Crippen molar-refractivity contribution in [2.75, 3.05) is 5.75 Å². The Morgan fingerprint density at radius 1 is 1.61 bits per heavy atom. The Labute approximate surface area is 110 Å². The maximum Gasteiger partial charge on any atom is 0.225 e. The van der Waals surface area contributed by atoms with Gasteiger partial charge in [-0.15, -0.1) is 11.8 Å². The number of nitriles is 1. The van der Waals surface area contributed by atoms with Gasteiger partial charge in [-0.2, -0.15) is 5.26 Å². The van der Waals surface area contributed by atoms with Crippen molar-refractivity contribution in [3.8, 4) is 6.07 Å². The van der Waals surface area contributed by atoms with Gasteiger partial charge < -0.3 is 9.73 Å². The van der Waals surface area contributed by atoms with Crippen molar-refractivity contribution in [3.63, 3.8) is 0 Å². The molecule has 1 N–H and O–H groups in total. The first-order valence-corrected chi connectivity index (χ1v) is 6.77. The van der Waals surface area contributed by atoms with Crippen LogP contribution in [-0.2, 0) is 4.79 Å². The van der Waals surface area contributed by atoms with Crippen molar-refractivity contribution >= 4 is 17.7 Å². The fourth-order valence-corrected chi connectivity index (χ4v) is 2.78. The monoisotopic (exact) mass is 262 g/mol. The van der Waals surface area contributed by atoms with Gasteiger partial charge in [-0.1, -0.05) is 6.92 Å². The van der Waals surface area contributed by atoms with E-state index in [0.29, 0.717) is 16.4 Å². The molecule has 0 aromatic carbocycles. The lowest BCUT2D eigenvalue weighted by molar-refractivity contribution is -0.120. The number of hydrogen-bond donors (Lipinski definition) is 1. The first kappa shape index (κ1) is 12.8. The van der Waals surface area contributed by atoms with Crippen molar-refractivity contribution in [1.29, 1.82) is 5.26 Å². The van der Waals surface area contributed by atoms with Crippen molar-refractivity contribution in [1.82, 2.24) is 5.32 Å². The van der Waals surface area contributed by atoms with Gasteiger partial charge in [0.05, 0.1) is 22.6 Å². The summed E-state index contributed by atoms with van der Waals surface area (Å²) in [5, 5.41) is 12.7. The Bertz CT molecular complexity index is 539. The van der Waals surface area contributed by atoms with Gasteiger partial charge in [-0.3, -0.25) is 4.79 Å². The third-order valence-electron chi connectivity index (χ3n) is 2.75. The van der Waals surface area contributed by atoms with E-state index in [4.69, 9.17) is 4.42 Å². The summed E-state index contributed by atoms with van der Waals surface area (Å²) >= 11 is 1.48. The van der Waals surface area contributed by atoms with E-state index in [9.17, 15) is 10.1 Å². The molecule has 94 valence electrons. The average molecular weight is 262 g/mol. The number of hydrogen-bond acceptors (Lipinski definition) is 4. The highest BCUT2D eigenvalue weighted by atomic mass is 32.2. The lowest BCUT2D eigenvalue weighted by Gasteiger charge is -2.23. The average Bonchev–Trinajstić information content (AvgIpc) is 2.75. The van der Waals surface area contributed by atoms with Gasteiger partial charge in [0.2, 0.25) is 5.91 Å². The predicted molar refractivity (Wildman–Crippen MR) is 69.7 cm³/mol. The highest BCUT2D eigenvalue weighted by molar-refractivity contribution is 8.03. The number of furan rings is 1. The summed E-state index contributed by atoms with van der Waals surface area (Å²) < 4.78 is 5.56. The molecule has 18 heavy (non-hydrogen) atoms. The molecule has 1 aromatic heterocycles. The third kappa shape index (κ3) is 2.44. The fourth-order valence-electron chi connectivity index (χ4n) is 1.96. The van der Waals surface area contributed by atoms with E-state index < -0.39 is 0 Å². The van der Waals surface area contributed by atoms with E-state index >= 15 is 0 Å². The second-order valence-electron chi connectivity index (χ2n) is 4.04. The van der Waals surface area contributed by atoms with Crippen LogP contribution in [0.25, 0.3) is 0 Å². The van der Waals surface area contributed by atoms with Crippen LogP contribution in [-0.4, -0.2) is 11.7 Å². The number of allylic oxidation sites excluding steroid dienone is 1. The minimum Gasteiger partial charge on any atom is -0.466 e. The minimum atomic E-state index is -0.258. The SMILES string of the molecule is CCSC1=C(C#N)[C@H](c2ccc(C)o2)CC(=O)N1. The lowest BCUT2D eigenvalue weighted by atomic mass is 9.92. The molecule has 0 saturated carbocycles. The van der Waals surface area contributed by atoms with Crippen LogP contribution < -0.4 is 5.32 Å². The molecule has 0 fully saturated rings. The fraction of sp³-hybridized carbons (Fsp3) is 0.385. The summed E-state index contributed by atoms with van der Waals surface area (Å²) in [7, 11) is 0.